The minimum atomic E-state index is -0.508. The van der Waals surface area contributed by atoms with Crippen molar-refractivity contribution in [1.82, 2.24) is 4.90 Å². The highest BCUT2D eigenvalue weighted by Gasteiger charge is 2.30. The number of piperidine rings is 1. The Balaban J connectivity index is 2.13. The normalized spacial score (nSPS) is 17.0. The lowest BCUT2D eigenvalue weighted by Gasteiger charge is -2.33. The summed E-state index contributed by atoms with van der Waals surface area (Å²) in [6.45, 7) is 8.94. The van der Waals surface area contributed by atoms with Crippen LogP contribution < -0.4 is 11.1 Å². The minimum Gasteiger partial charge on any atom is -0.365 e. The topological polar surface area (TPSA) is 92.5 Å². The van der Waals surface area contributed by atoms with E-state index in [0.717, 1.165) is 49.0 Å². The summed E-state index contributed by atoms with van der Waals surface area (Å²) in [5.41, 5.74) is 6.90. The molecule has 6 nitrogen and oxygen atoms in total. The van der Waals surface area contributed by atoms with Crippen LogP contribution in [0.2, 0.25) is 0 Å². The Morgan fingerprint density at radius 1 is 1.29 bits per heavy atom. The lowest BCUT2D eigenvalue weighted by Crippen LogP contribution is -2.45. The second-order valence-corrected chi connectivity index (χ2v) is 9.05. The third kappa shape index (κ3) is 5.34. The minimum absolute atomic E-state index is 0.0751. The van der Waals surface area contributed by atoms with E-state index >= 15 is 0 Å². The summed E-state index contributed by atoms with van der Waals surface area (Å²) in [6, 6.07) is 0. The lowest BCUT2D eigenvalue weighted by molar-refractivity contribution is -0.137. The number of unbranched alkanes of at least 4 members (excludes halogenated alkanes) is 2. The molecule has 0 spiro atoms. The van der Waals surface area contributed by atoms with E-state index in [1.165, 1.54) is 11.3 Å². The summed E-state index contributed by atoms with van der Waals surface area (Å²) in [6.07, 6.45) is 5.76. The summed E-state index contributed by atoms with van der Waals surface area (Å²) in [4.78, 5) is 40.0. The van der Waals surface area contributed by atoms with E-state index in [4.69, 9.17) is 5.73 Å². The number of amides is 3. The van der Waals surface area contributed by atoms with Crippen LogP contribution in [0.4, 0.5) is 5.00 Å². The van der Waals surface area contributed by atoms with Gasteiger partial charge in [-0.05, 0) is 38.2 Å². The molecule has 1 atom stereocenters. The van der Waals surface area contributed by atoms with Gasteiger partial charge in [0, 0.05) is 23.9 Å². The molecular weight excluding hydrogens is 374 g/mol. The average Bonchev–Trinajstić information content (AvgIpc) is 2.96. The number of aryl methyl sites for hydroxylation is 1. The molecule has 28 heavy (non-hydrogen) atoms. The van der Waals surface area contributed by atoms with Gasteiger partial charge < -0.3 is 16.0 Å². The third-order valence-electron chi connectivity index (χ3n) is 5.33. The first-order valence-electron chi connectivity index (χ1n) is 10.3. The number of nitrogens with zero attached hydrogens (tertiary/aromatic N) is 1. The first-order valence-corrected chi connectivity index (χ1v) is 11.1. The highest BCUT2D eigenvalue weighted by molar-refractivity contribution is 7.17. The van der Waals surface area contributed by atoms with E-state index in [1.807, 2.05) is 20.8 Å². The summed E-state index contributed by atoms with van der Waals surface area (Å²) >= 11 is 1.46. The molecule has 3 N–H and O–H groups in total. The maximum absolute atomic E-state index is 12.9. The van der Waals surface area contributed by atoms with Crippen molar-refractivity contribution in [2.24, 2.45) is 17.6 Å². The van der Waals surface area contributed by atoms with Crippen LogP contribution in [0.15, 0.2) is 0 Å². The Morgan fingerprint density at radius 2 is 2.00 bits per heavy atom. The zero-order chi connectivity index (χ0) is 20.8. The smallest absolute Gasteiger partial charge is 0.251 e. The van der Waals surface area contributed by atoms with Gasteiger partial charge in [-0.15, -0.1) is 11.3 Å². The molecule has 7 heteroatoms. The Morgan fingerprint density at radius 3 is 2.61 bits per heavy atom. The van der Waals surface area contributed by atoms with Gasteiger partial charge in [0.1, 0.15) is 5.00 Å². The predicted molar refractivity (Wildman–Crippen MR) is 114 cm³/mol. The monoisotopic (exact) mass is 407 g/mol. The van der Waals surface area contributed by atoms with Crippen LogP contribution in [0.5, 0.6) is 0 Å². The van der Waals surface area contributed by atoms with Crippen LogP contribution in [0, 0.1) is 18.8 Å². The van der Waals surface area contributed by atoms with Crippen molar-refractivity contribution in [3.63, 3.8) is 0 Å². The number of carbonyl (C=O) groups excluding carboxylic acids is 3. The van der Waals surface area contributed by atoms with Crippen LogP contribution >= 0.6 is 11.3 Å². The van der Waals surface area contributed by atoms with Gasteiger partial charge in [-0.25, -0.2) is 0 Å². The van der Waals surface area contributed by atoms with Crippen LogP contribution in [0.25, 0.3) is 0 Å². The molecule has 2 heterocycles. The number of hydrogen-bond donors (Lipinski definition) is 2. The molecule has 0 aliphatic carbocycles. The highest BCUT2D eigenvalue weighted by atomic mass is 32.1. The third-order valence-corrected chi connectivity index (χ3v) is 6.60. The fraction of sp³-hybridized carbons (Fsp3) is 0.667. The molecule has 156 valence electrons. The van der Waals surface area contributed by atoms with Gasteiger partial charge in [0.2, 0.25) is 11.8 Å². The molecule has 0 radical (unpaired) electrons. The lowest BCUT2D eigenvalue weighted by atomic mass is 9.96. The number of hydrogen-bond acceptors (Lipinski definition) is 4. The van der Waals surface area contributed by atoms with Crippen LogP contribution in [0.1, 0.15) is 73.7 Å². The van der Waals surface area contributed by atoms with Gasteiger partial charge in [-0.2, -0.15) is 0 Å². The first-order chi connectivity index (χ1) is 13.3. The number of carbonyl (C=O) groups is 3. The Labute approximate surface area is 171 Å². The standard InChI is InChI=1S/C21H33N3O3S/c1-5-6-7-10-16-14(4)17(18(22)25)20(28-16)23-19(26)15-9-8-11-24(12-15)21(27)13(2)3/h13,15H,5-12H2,1-4H3,(H2,22,25)(H,23,26)/t15-/m1/s1. The van der Waals surface area contributed by atoms with E-state index in [9.17, 15) is 14.4 Å². The van der Waals surface area contributed by atoms with Crippen LogP contribution in [-0.4, -0.2) is 35.7 Å². The molecule has 2 rings (SSSR count). The van der Waals surface area contributed by atoms with Gasteiger partial charge in [-0.3, -0.25) is 14.4 Å². The number of nitrogens with two attached hydrogens (primary N) is 1. The first kappa shape index (κ1) is 22.4. The predicted octanol–water partition coefficient (Wildman–Crippen LogP) is 3.72. The summed E-state index contributed by atoms with van der Waals surface area (Å²) in [7, 11) is 0. The number of thiophene rings is 1. The number of nitrogens with one attached hydrogen (secondary N) is 1. The van der Waals surface area contributed by atoms with Gasteiger partial charge >= 0.3 is 0 Å². The Hall–Kier alpha value is -1.89. The van der Waals surface area contributed by atoms with Crippen LogP contribution in [-0.2, 0) is 16.0 Å². The number of anilines is 1. The molecule has 1 saturated heterocycles. The van der Waals surface area contributed by atoms with Crippen molar-refractivity contribution >= 4 is 34.1 Å². The maximum atomic E-state index is 12.9. The Bertz CT molecular complexity index is 727. The fourth-order valence-corrected chi connectivity index (χ4v) is 4.95. The molecule has 0 saturated carbocycles. The molecule has 3 amide bonds. The fourth-order valence-electron chi connectivity index (χ4n) is 3.69. The van der Waals surface area contributed by atoms with Gasteiger partial charge in [0.25, 0.3) is 5.91 Å². The molecule has 0 bridgehead atoms. The summed E-state index contributed by atoms with van der Waals surface area (Å²) in [5, 5.41) is 3.49. The van der Waals surface area contributed by atoms with Crippen molar-refractivity contribution < 1.29 is 14.4 Å². The molecule has 0 unspecified atom stereocenters. The SMILES string of the molecule is CCCCCc1sc(NC(=O)[C@@H]2CCCN(C(=O)C(C)C)C2)c(C(N)=O)c1C. The van der Waals surface area contributed by atoms with E-state index in [2.05, 4.69) is 12.2 Å². The van der Waals surface area contributed by atoms with E-state index in [-0.39, 0.29) is 23.7 Å². The van der Waals surface area contributed by atoms with E-state index < -0.39 is 5.91 Å². The average molecular weight is 408 g/mol. The largest absolute Gasteiger partial charge is 0.365 e. The van der Waals surface area contributed by atoms with Crippen molar-refractivity contribution in [2.75, 3.05) is 18.4 Å². The molecule has 1 aromatic rings. The van der Waals surface area contributed by atoms with Gasteiger partial charge in [0.15, 0.2) is 0 Å². The summed E-state index contributed by atoms with van der Waals surface area (Å²) < 4.78 is 0. The molecule has 1 aliphatic rings. The number of primary amides is 1. The van der Waals surface area contributed by atoms with E-state index in [1.54, 1.807) is 4.90 Å². The maximum Gasteiger partial charge on any atom is 0.251 e. The molecule has 1 aliphatic heterocycles. The molecule has 1 fully saturated rings. The van der Waals surface area contributed by atoms with E-state index in [0.29, 0.717) is 23.7 Å². The zero-order valence-electron chi connectivity index (χ0n) is 17.5. The number of likely N-dealkylation sites (tertiary alicyclic amines) is 1. The van der Waals surface area contributed by atoms with Gasteiger partial charge in [-0.1, -0.05) is 33.6 Å². The zero-order valence-corrected chi connectivity index (χ0v) is 18.3. The van der Waals surface area contributed by atoms with Crippen molar-refractivity contribution in [1.29, 1.82) is 0 Å². The molecule has 0 aromatic carbocycles. The summed E-state index contributed by atoms with van der Waals surface area (Å²) in [5.74, 6) is -0.895. The highest BCUT2D eigenvalue weighted by Crippen LogP contribution is 2.34. The Kier molecular flexibility index (Phi) is 8.04. The van der Waals surface area contributed by atoms with Crippen molar-refractivity contribution in [3.8, 4) is 0 Å². The van der Waals surface area contributed by atoms with Crippen LogP contribution in [0.3, 0.4) is 0 Å². The quantitative estimate of drug-likeness (QED) is 0.643. The second kappa shape index (κ2) is 10.0. The van der Waals surface area contributed by atoms with Crippen molar-refractivity contribution in [2.45, 2.75) is 66.2 Å². The molecule has 1 aromatic heterocycles. The molecular formula is C21H33N3O3S. The van der Waals surface area contributed by atoms with Gasteiger partial charge in [0.05, 0.1) is 11.5 Å². The van der Waals surface area contributed by atoms with Crippen molar-refractivity contribution in [3.05, 3.63) is 16.0 Å². The number of rotatable bonds is 8. The second-order valence-electron chi connectivity index (χ2n) is 7.94.